The molecule has 0 radical (unpaired) electrons. The van der Waals surface area contributed by atoms with Crippen LogP contribution in [-0.4, -0.2) is 17.1 Å². The van der Waals surface area contributed by atoms with E-state index in [9.17, 15) is 23.3 Å². The lowest BCUT2D eigenvalue weighted by atomic mass is 10.1. The largest absolute Gasteiger partial charge is 0.417 e. The van der Waals surface area contributed by atoms with E-state index < -0.39 is 33.9 Å². The monoisotopic (exact) mass is 275 g/mol. The number of hydrogen-bond acceptors (Lipinski definition) is 4. The van der Waals surface area contributed by atoms with Crippen molar-refractivity contribution in [1.82, 2.24) is 0 Å². The predicted octanol–water partition coefficient (Wildman–Crippen LogP) is 1.22. The van der Waals surface area contributed by atoms with Gasteiger partial charge in [0.05, 0.1) is 22.3 Å². The summed E-state index contributed by atoms with van der Waals surface area (Å²) in [5.74, 6) is -0.483. The Morgan fingerprint density at radius 3 is 2.47 bits per heavy atom. The fraction of sp³-hybridized carbons (Fsp3) is 0.111. The Morgan fingerprint density at radius 2 is 2.00 bits per heavy atom. The van der Waals surface area contributed by atoms with Crippen LogP contribution in [0.5, 0.6) is 0 Å². The van der Waals surface area contributed by atoms with E-state index in [0.717, 1.165) is 12.1 Å². The summed E-state index contributed by atoms with van der Waals surface area (Å²) in [6.45, 7) is 0. The van der Waals surface area contributed by atoms with Crippen LogP contribution < -0.4 is 11.5 Å². The molecule has 0 atom stereocenters. The van der Waals surface area contributed by atoms with Gasteiger partial charge in [-0.15, -0.1) is 5.10 Å². The summed E-state index contributed by atoms with van der Waals surface area (Å²) >= 11 is 0. The number of alkyl halides is 3. The highest BCUT2D eigenvalue weighted by atomic mass is 19.4. The van der Waals surface area contributed by atoms with Crippen LogP contribution in [0.4, 0.5) is 18.9 Å². The van der Waals surface area contributed by atoms with E-state index >= 15 is 0 Å². The summed E-state index contributed by atoms with van der Waals surface area (Å²) in [6.07, 6.45) is -4.17. The second kappa shape index (κ2) is 5.33. The molecule has 0 amide bonds. The van der Waals surface area contributed by atoms with Crippen molar-refractivity contribution in [3.63, 3.8) is 0 Å². The summed E-state index contributed by atoms with van der Waals surface area (Å²) in [5, 5.41) is 17.0. The lowest BCUT2D eigenvalue weighted by Crippen LogP contribution is -2.21. The molecular weight excluding hydrogens is 267 g/mol. The first-order valence-electron chi connectivity index (χ1n) is 4.70. The zero-order valence-electron chi connectivity index (χ0n) is 9.26. The SMILES string of the molecule is NC(N)=NN=Cc1c([N+](=O)[O-])cccc1C(F)(F)F. The number of rotatable bonds is 3. The fourth-order valence-corrected chi connectivity index (χ4v) is 1.25. The number of guanidine groups is 1. The number of benzene rings is 1. The minimum Gasteiger partial charge on any atom is -0.369 e. The lowest BCUT2D eigenvalue weighted by Gasteiger charge is -2.09. The average molecular weight is 275 g/mol. The molecule has 1 aromatic carbocycles. The molecular formula is C9H8F3N5O2. The van der Waals surface area contributed by atoms with Gasteiger partial charge < -0.3 is 11.5 Å². The van der Waals surface area contributed by atoms with Crippen molar-refractivity contribution in [3.8, 4) is 0 Å². The molecule has 0 saturated carbocycles. The van der Waals surface area contributed by atoms with Crippen molar-refractivity contribution < 1.29 is 18.1 Å². The molecule has 0 fully saturated rings. The third-order valence-corrected chi connectivity index (χ3v) is 1.95. The summed E-state index contributed by atoms with van der Waals surface area (Å²) in [6, 6.07) is 2.55. The topological polar surface area (TPSA) is 120 Å². The molecule has 0 aliphatic heterocycles. The highest BCUT2D eigenvalue weighted by Gasteiger charge is 2.36. The molecule has 0 unspecified atom stereocenters. The van der Waals surface area contributed by atoms with E-state index in [0.29, 0.717) is 12.3 Å². The minimum atomic E-state index is -4.76. The Hall–Kier alpha value is -2.65. The molecule has 0 aliphatic rings. The molecule has 0 bridgehead atoms. The zero-order valence-corrected chi connectivity index (χ0v) is 9.26. The molecule has 4 N–H and O–H groups in total. The van der Waals surface area contributed by atoms with E-state index in [-0.39, 0.29) is 0 Å². The van der Waals surface area contributed by atoms with Gasteiger partial charge in [-0.2, -0.15) is 18.3 Å². The molecule has 0 aromatic heterocycles. The molecule has 1 aromatic rings. The molecule has 1 rings (SSSR count). The highest BCUT2D eigenvalue weighted by Crippen LogP contribution is 2.34. The number of hydrogen-bond donors (Lipinski definition) is 2. The summed E-state index contributed by atoms with van der Waals surface area (Å²) in [5.41, 5.74) is 7.21. The lowest BCUT2D eigenvalue weighted by molar-refractivity contribution is -0.385. The molecule has 19 heavy (non-hydrogen) atoms. The van der Waals surface area contributed by atoms with Gasteiger partial charge in [0, 0.05) is 6.07 Å². The summed E-state index contributed by atoms with van der Waals surface area (Å²) in [4.78, 5) is 9.74. The summed E-state index contributed by atoms with van der Waals surface area (Å²) in [7, 11) is 0. The van der Waals surface area contributed by atoms with Gasteiger partial charge in [0.15, 0.2) is 0 Å². The first kappa shape index (κ1) is 14.4. The van der Waals surface area contributed by atoms with Gasteiger partial charge in [-0.25, -0.2) is 0 Å². The molecule has 0 heterocycles. The van der Waals surface area contributed by atoms with Crippen molar-refractivity contribution in [3.05, 3.63) is 39.4 Å². The second-order valence-electron chi connectivity index (χ2n) is 3.26. The van der Waals surface area contributed by atoms with Gasteiger partial charge in [-0.05, 0) is 6.07 Å². The maximum Gasteiger partial charge on any atom is 0.417 e. The van der Waals surface area contributed by atoms with E-state index in [2.05, 4.69) is 10.2 Å². The molecule has 0 aliphatic carbocycles. The third kappa shape index (κ3) is 3.66. The molecule has 7 nitrogen and oxygen atoms in total. The van der Waals surface area contributed by atoms with Crippen LogP contribution in [0.1, 0.15) is 11.1 Å². The third-order valence-electron chi connectivity index (χ3n) is 1.95. The van der Waals surface area contributed by atoms with Gasteiger partial charge >= 0.3 is 6.18 Å². The van der Waals surface area contributed by atoms with E-state index in [1.54, 1.807) is 0 Å². The van der Waals surface area contributed by atoms with Crippen molar-refractivity contribution in [1.29, 1.82) is 0 Å². The van der Waals surface area contributed by atoms with Gasteiger partial charge in [-0.3, -0.25) is 10.1 Å². The quantitative estimate of drug-likeness (QED) is 0.373. The smallest absolute Gasteiger partial charge is 0.369 e. The number of nitro benzene ring substituents is 1. The number of nitrogens with two attached hydrogens (primary N) is 2. The Kier molecular flexibility index (Phi) is 4.04. The Morgan fingerprint density at radius 1 is 1.37 bits per heavy atom. The predicted molar refractivity (Wildman–Crippen MR) is 61.5 cm³/mol. The maximum absolute atomic E-state index is 12.7. The Bertz CT molecular complexity index is 549. The van der Waals surface area contributed by atoms with Crippen LogP contribution in [-0.2, 0) is 6.18 Å². The van der Waals surface area contributed by atoms with Gasteiger partial charge in [0.2, 0.25) is 5.96 Å². The van der Waals surface area contributed by atoms with Crippen LogP contribution in [0.25, 0.3) is 0 Å². The van der Waals surface area contributed by atoms with E-state index in [1.807, 2.05) is 0 Å². The van der Waals surface area contributed by atoms with Gasteiger partial charge in [-0.1, -0.05) is 6.07 Å². The van der Waals surface area contributed by atoms with Crippen molar-refractivity contribution in [2.75, 3.05) is 0 Å². The second-order valence-corrected chi connectivity index (χ2v) is 3.26. The van der Waals surface area contributed by atoms with Crippen molar-refractivity contribution >= 4 is 17.9 Å². The van der Waals surface area contributed by atoms with Gasteiger partial charge in [0.1, 0.15) is 0 Å². The van der Waals surface area contributed by atoms with Crippen molar-refractivity contribution in [2.24, 2.45) is 21.7 Å². The minimum absolute atomic E-state index is 0.483. The summed E-state index contributed by atoms with van der Waals surface area (Å²) < 4.78 is 38.1. The normalized spacial score (nSPS) is 11.5. The first-order valence-corrected chi connectivity index (χ1v) is 4.70. The molecule has 0 spiro atoms. The average Bonchev–Trinajstić information content (AvgIpc) is 2.26. The van der Waals surface area contributed by atoms with Crippen LogP contribution >= 0.6 is 0 Å². The number of nitrogens with zero attached hydrogens (tertiary/aromatic N) is 3. The standard InChI is InChI=1S/C9H8F3N5O2/c10-9(11,12)6-2-1-3-7(17(18)19)5(6)4-15-16-8(13)14/h1-4H,(H4,13,14,16). The van der Waals surface area contributed by atoms with Crippen LogP contribution in [0.2, 0.25) is 0 Å². The fourth-order valence-electron chi connectivity index (χ4n) is 1.25. The van der Waals surface area contributed by atoms with Crippen LogP contribution in [0.3, 0.4) is 0 Å². The Labute approximate surface area is 104 Å². The number of nitro groups is 1. The maximum atomic E-state index is 12.7. The van der Waals surface area contributed by atoms with E-state index in [1.165, 1.54) is 0 Å². The zero-order chi connectivity index (χ0) is 14.6. The van der Waals surface area contributed by atoms with Crippen LogP contribution in [0.15, 0.2) is 28.4 Å². The highest BCUT2D eigenvalue weighted by molar-refractivity contribution is 5.88. The molecule has 10 heteroatoms. The molecule has 0 saturated heterocycles. The van der Waals surface area contributed by atoms with Crippen molar-refractivity contribution in [2.45, 2.75) is 6.18 Å². The van der Waals surface area contributed by atoms with E-state index in [4.69, 9.17) is 11.5 Å². The Balaban J connectivity index is 3.43. The first-order chi connectivity index (χ1) is 8.73. The molecule has 102 valence electrons. The van der Waals surface area contributed by atoms with Gasteiger partial charge in [0.25, 0.3) is 5.69 Å². The van der Waals surface area contributed by atoms with Crippen LogP contribution in [0, 0.1) is 10.1 Å². The number of halogens is 3.